The lowest BCUT2D eigenvalue weighted by Gasteiger charge is -2.27. The summed E-state index contributed by atoms with van der Waals surface area (Å²) in [6, 6.07) is 79.0. The summed E-state index contributed by atoms with van der Waals surface area (Å²) in [4.78, 5) is 2.41. The molecule has 0 unspecified atom stereocenters. The van der Waals surface area contributed by atoms with Crippen molar-refractivity contribution in [3.63, 3.8) is 0 Å². The third-order valence-corrected chi connectivity index (χ3v) is 13.6. The second kappa shape index (κ2) is 12.3. The molecule has 0 N–H and O–H groups in total. The molecule has 14 aromatic rings. The van der Waals surface area contributed by atoms with E-state index in [0.717, 1.165) is 11.4 Å². The summed E-state index contributed by atoms with van der Waals surface area (Å²) in [6.45, 7) is 0. The first-order chi connectivity index (χ1) is 30.3. The van der Waals surface area contributed by atoms with Gasteiger partial charge in [-0.3, -0.25) is 0 Å². The molecule has 0 saturated carbocycles. The molecule has 1 nitrogen and oxygen atoms in total. The largest absolute Gasteiger partial charge is 0.310 e. The Bertz CT molecular complexity index is 3790. The molecule has 0 aliphatic rings. The molecule has 61 heavy (non-hydrogen) atoms. The molecule has 0 aliphatic heterocycles. The van der Waals surface area contributed by atoms with E-state index >= 15 is 0 Å². The van der Waals surface area contributed by atoms with Crippen molar-refractivity contribution in [1.82, 2.24) is 0 Å². The average molecular weight is 770 g/mol. The Morgan fingerprint density at radius 3 is 1.10 bits per heavy atom. The van der Waals surface area contributed by atoms with E-state index in [4.69, 9.17) is 0 Å². The second-order valence-electron chi connectivity index (χ2n) is 16.6. The van der Waals surface area contributed by atoms with E-state index in [2.05, 4.69) is 217 Å². The molecular weight excluding hydrogens is 735 g/mol. The molecule has 0 saturated heterocycles. The summed E-state index contributed by atoms with van der Waals surface area (Å²) in [5, 5.41) is 23.7. The maximum Gasteiger partial charge on any atom is 0.0540 e. The van der Waals surface area contributed by atoms with E-state index in [1.807, 2.05) is 0 Å². The summed E-state index contributed by atoms with van der Waals surface area (Å²) < 4.78 is 0. The molecule has 14 rings (SSSR count). The predicted molar refractivity (Wildman–Crippen MR) is 263 cm³/mol. The fourth-order valence-electron chi connectivity index (χ4n) is 11.3. The molecule has 14 aromatic carbocycles. The highest BCUT2D eigenvalue weighted by Crippen LogP contribution is 2.58. The molecule has 0 bridgehead atoms. The molecule has 0 atom stereocenters. The summed E-state index contributed by atoms with van der Waals surface area (Å²) in [6.07, 6.45) is 0. The SMILES string of the molecule is c1ccc(-c2c3c4cccc5c(N(c6ccccc6)c6ccccc6)ccc(c3c(-c3ccccc3)c3c6ccc7c8cccc9cccc(c%10ccc(c23)c6c%107)c98)c54)cc1. The standard InChI is InChI=1S/C60H35N/c1-5-16-37(17-6-1)52-57-46-29-15-28-45-50(61(39-22-9-3-10-23-39)40-24-11-4-12-25-40)35-34-47(54(45)46)58(57)53(38-18-7-2-8-19-38)60-49-33-31-44-42-27-14-21-36-20-13-26-41(51(36)42)43-30-32-48(59(52)60)56(49)55(43)44/h1-35H. The van der Waals surface area contributed by atoms with Gasteiger partial charge in [0.25, 0.3) is 0 Å². The van der Waals surface area contributed by atoms with Crippen LogP contribution in [0.25, 0.3) is 119 Å². The van der Waals surface area contributed by atoms with Crippen LogP contribution in [0.4, 0.5) is 17.1 Å². The Hall–Kier alpha value is -8.00. The lowest BCUT2D eigenvalue weighted by molar-refractivity contribution is 1.30. The molecule has 0 fully saturated rings. The molecule has 0 aliphatic carbocycles. The number of benzene rings is 12. The first-order valence-electron chi connectivity index (χ1n) is 21.3. The zero-order chi connectivity index (χ0) is 39.8. The van der Waals surface area contributed by atoms with Crippen molar-refractivity contribution in [2.75, 3.05) is 4.90 Å². The number of hydrogen-bond acceptors (Lipinski definition) is 1. The number of fused-ring (bicyclic) bond motifs is 8. The minimum absolute atomic E-state index is 1.13. The van der Waals surface area contributed by atoms with Gasteiger partial charge in [-0.1, -0.05) is 182 Å². The van der Waals surface area contributed by atoms with Gasteiger partial charge >= 0.3 is 0 Å². The molecule has 1 heteroatoms. The van der Waals surface area contributed by atoms with E-state index in [9.17, 15) is 0 Å². The van der Waals surface area contributed by atoms with Gasteiger partial charge in [0.05, 0.1) is 5.69 Å². The van der Waals surface area contributed by atoms with Gasteiger partial charge in [0.15, 0.2) is 0 Å². The Morgan fingerprint density at radius 1 is 0.213 bits per heavy atom. The van der Waals surface area contributed by atoms with Crippen LogP contribution >= 0.6 is 0 Å². The number of hydrogen-bond donors (Lipinski definition) is 0. The van der Waals surface area contributed by atoms with Crippen LogP contribution < -0.4 is 4.90 Å². The molecule has 0 spiro atoms. The number of para-hydroxylation sites is 2. The minimum atomic E-state index is 1.13. The molecule has 280 valence electrons. The van der Waals surface area contributed by atoms with Gasteiger partial charge in [0, 0.05) is 16.8 Å². The van der Waals surface area contributed by atoms with Crippen LogP contribution in [0.15, 0.2) is 212 Å². The maximum absolute atomic E-state index is 2.44. The van der Waals surface area contributed by atoms with Crippen LogP contribution in [0.2, 0.25) is 0 Å². The van der Waals surface area contributed by atoms with E-state index in [-0.39, 0.29) is 0 Å². The lowest BCUT2D eigenvalue weighted by atomic mass is 9.87. The molecule has 0 radical (unpaired) electrons. The van der Waals surface area contributed by atoms with Gasteiger partial charge in [-0.15, -0.1) is 0 Å². The Balaban J connectivity index is 1.22. The fourth-order valence-corrected chi connectivity index (χ4v) is 11.3. The van der Waals surface area contributed by atoms with Gasteiger partial charge in [-0.25, -0.2) is 0 Å². The number of nitrogens with zero attached hydrogens (tertiary/aromatic N) is 1. The Morgan fingerprint density at radius 2 is 0.574 bits per heavy atom. The van der Waals surface area contributed by atoms with Crippen LogP contribution in [-0.4, -0.2) is 0 Å². The van der Waals surface area contributed by atoms with Crippen LogP contribution in [0, 0.1) is 0 Å². The van der Waals surface area contributed by atoms with Crippen LogP contribution in [0.3, 0.4) is 0 Å². The molecule has 0 aromatic heterocycles. The van der Waals surface area contributed by atoms with Crippen molar-refractivity contribution in [2.24, 2.45) is 0 Å². The zero-order valence-electron chi connectivity index (χ0n) is 33.2. The molecule has 0 heterocycles. The Labute approximate surface area is 351 Å². The van der Waals surface area contributed by atoms with Crippen LogP contribution in [-0.2, 0) is 0 Å². The quantitative estimate of drug-likeness (QED) is 0.124. The van der Waals surface area contributed by atoms with Crippen molar-refractivity contribution in [2.45, 2.75) is 0 Å². The third kappa shape index (κ3) is 4.34. The summed E-state index contributed by atoms with van der Waals surface area (Å²) in [5.74, 6) is 0. The highest BCUT2D eigenvalue weighted by atomic mass is 15.1. The number of rotatable bonds is 5. The highest BCUT2D eigenvalue weighted by molar-refractivity contribution is 6.49. The van der Waals surface area contributed by atoms with Gasteiger partial charge in [0.1, 0.15) is 0 Å². The van der Waals surface area contributed by atoms with Gasteiger partial charge in [-0.2, -0.15) is 0 Å². The predicted octanol–water partition coefficient (Wildman–Crippen LogP) is 17.2. The molecular formula is C60H35N. The first-order valence-corrected chi connectivity index (χ1v) is 21.3. The summed E-state index contributed by atoms with van der Waals surface area (Å²) in [7, 11) is 0. The van der Waals surface area contributed by atoms with Crippen LogP contribution in [0.1, 0.15) is 0 Å². The van der Waals surface area contributed by atoms with Crippen molar-refractivity contribution in [3.8, 4) is 22.3 Å². The average Bonchev–Trinajstić information content (AvgIpc) is 3.84. The second-order valence-corrected chi connectivity index (χ2v) is 16.6. The summed E-state index contributed by atoms with van der Waals surface area (Å²) in [5.41, 5.74) is 8.53. The van der Waals surface area contributed by atoms with Crippen LogP contribution in [0.5, 0.6) is 0 Å². The smallest absolute Gasteiger partial charge is 0.0540 e. The minimum Gasteiger partial charge on any atom is -0.310 e. The maximum atomic E-state index is 2.44. The van der Waals surface area contributed by atoms with Crippen molar-refractivity contribution >= 4 is 114 Å². The van der Waals surface area contributed by atoms with Crippen molar-refractivity contribution in [3.05, 3.63) is 212 Å². The van der Waals surface area contributed by atoms with Gasteiger partial charge in [-0.05, 0) is 144 Å². The van der Waals surface area contributed by atoms with E-state index in [1.165, 1.54) is 125 Å². The third-order valence-electron chi connectivity index (χ3n) is 13.6. The normalized spacial score (nSPS) is 12.3. The van der Waals surface area contributed by atoms with Crippen molar-refractivity contribution < 1.29 is 0 Å². The summed E-state index contributed by atoms with van der Waals surface area (Å²) >= 11 is 0. The van der Waals surface area contributed by atoms with E-state index in [0.29, 0.717) is 0 Å². The molecule has 0 amide bonds. The fraction of sp³-hybridized carbons (Fsp3) is 0. The van der Waals surface area contributed by atoms with Gasteiger partial charge < -0.3 is 4.90 Å². The monoisotopic (exact) mass is 769 g/mol. The van der Waals surface area contributed by atoms with Crippen molar-refractivity contribution in [1.29, 1.82) is 0 Å². The first kappa shape index (κ1) is 32.9. The topological polar surface area (TPSA) is 3.24 Å². The van der Waals surface area contributed by atoms with E-state index in [1.54, 1.807) is 0 Å². The number of anilines is 3. The zero-order valence-corrected chi connectivity index (χ0v) is 33.2. The highest BCUT2D eigenvalue weighted by Gasteiger charge is 2.29. The lowest BCUT2D eigenvalue weighted by Crippen LogP contribution is -2.10. The van der Waals surface area contributed by atoms with Gasteiger partial charge in [0.2, 0.25) is 0 Å². The van der Waals surface area contributed by atoms with E-state index < -0.39 is 0 Å². The Kier molecular flexibility index (Phi) is 6.62.